The summed E-state index contributed by atoms with van der Waals surface area (Å²) in [5.74, 6) is 1.23. The first-order valence-corrected chi connectivity index (χ1v) is 15.5. The molecular weight excluding hydrogens is 511 g/mol. The summed E-state index contributed by atoms with van der Waals surface area (Å²) in [6.07, 6.45) is 5.77. The zero-order valence-electron chi connectivity index (χ0n) is 24.8. The molecule has 0 bridgehead atoms. The van der Waals surface area contributed by atoms with Crippen LogP contribution in [-0.2, 0) is 22.9 Å². The molecule has 1 aliphatic heterocycles. The van der Waals surface area contributed by atoms with Crippen molar-refractivity contribution in [1.82, 2.24) is 4.98 Å². The van der Waals surface area contributed by atoms with Crippen molar-refractivity contribution in [2.45, 2.75) is 135 Å². The Balaban J connectivity index is 0.000000595. The number of hydrogen-bond acceptors (Lipinski definition) is 3. The molecule has 1 N–H and O–H groups in total. The number of ether oxygens (including phenoxy) is 1. The van der Waals surface area contributed by atoms with Gasteiger partial charge in [-0.2, -0.15) is 13.2 Å². The van der Waals surface area contributed by atoms with Crippen molar-refractivity contribution in [3.63, 3.8) is 0 Å². The van der Waals surface area contributed by atoms with E-state index in [4.69, 9.17) is 9.72 Å². The summed E-state index contributed by atoms with van der Waals surface area (Å²) in [4.78, 5) is 5.28. The number of aliphatic hydroxyl groups is 1. The van der Waals surface area contributed by atoms with E-state index in [1.165, 1.54) is 19.3 Å². The van der Waals surface area contributed by atoms with Crippen LogP contribution in [0.1, 0.15) is 156 Å². The lowest BCUT2D eigenvalue weighted by molar-refractivity contribution is -0.137. The van der Waals surface area contributed by atoms with Crippen LogP contribution in [0.4, 0.5) is 13.2 Å². The molecule has 6 heteroatoms. The van der Waals surface area contributed by atoms with E-state index >= 15 is 0 Å². The predicted molar refractivity (Wildman–Crippen MR) is 152 cm³/mol. The predicted octanol–water partition coefficient (Wildman–Crippen LogP) is 9.71. The molecule has 2 saturated carbocycles. The Hall–Kier alpha value is -1.92. The molecule has 40 heavy (non-hydrogen) atoms. The van der Waals surface area contributed by atoms with Crippen LogP contribution in [0, 0.1) is 11.3 Å². The molecule has 1 aromatic carbocycles. The summed E-state index contributed by atoms with van der Waals surface area (Å²) >= 11 is 0. The van der Waals surface area contributed by atoms with E-state index in [1.54, 1.807) is 12.1 Å². The Morgan fingerprint density at radius 3 is 2.15 bits per heavy atom. The number of alkyl halides is 3. The number of pyridine rings is 1. The number of benzene rings is 1. The molecule has 2 aromatic rings. The average Bonchev–Trinajstić information content (AvgIpc) is 3.64. The monoisotopic (exact) mass is 557 g/mol. The number of aromatic nitrogens is 1. The molecule has 2 unspecified atom stereocenters. The van der Waals surface area contributed by atoms with Gasteiger partial charge in [-0.3, -0.25) is 4.98 Å². The molecule has 1 aromatic heterocycles. The van der Waals surface area contributed by atoms with Crippen molar-refractivity contribution in [3.8, 4) is 0 Å². The Labute approximate surface area is 237 Å². The number of halogens is 3. The summed E-state index contributed by atoms with van der Waals surface area (Å²) in [5, 5.41) is 11.4. The Morgan fingerprint density at radius 1 is 1.00 bits per heavy atom. The van der Waals surface area contributed by atoms with Crippen LogP contribution in [0.15, 0.2) is 24.3 Å². The minimum absolute atomic E-state index is 0.0320. The van der Waals surface area contributed by atoms with Crippen molar-refractivity contribution in [1.29, 1.82) is 0 Å². The Morgan fingerprint density at radius 2 is 1.60 bits per heavy atom. The van der Waals surface area contributed by atoms with E-state index in [-0.39, 0.29) is 5.41 Å². The highest BCUT2D eigenvalue weighted by atomic mass is 19.4. The highest BCUT2D eigenvalue weighted by Gasteiger charge is 2.53. The van der Waals surface area contributed by atoms with E-state index in [1.807, 2.05) is 0 Å². The second-order valence-corrected chi connectivity index (χ2v) is 13.8. The fraction of sp³-hybridized carbons (Fsp3) is 0.676. The van der Waals surface area contributed by atoms with Crippen LogP contribution in [0.25, 0.3) is 0 Å². The molecule has 6 rings (SSSR count). The molecule has 4 aliphatic rings. The van der Waals surface area contributed by atoms with Crippen molar-refractivity contribution in [2.75, 3.05) is 0 Å². The quantitative estimate of drug-likeness (QED) is 0.408. The van der Waals surface area contributed by atoms with E-state index < -0.39 is 29.5 Å². The van der Waals surface area contributed by atoms with Crippen molar-refractivity contribution >= 4 is 0 Å². The van der Waals surface area contributed by atoms with Crippen LogP contribution in [0.2, 0.25) is 0 Å². The van der Waals surface area contributed by atoms with Gasteiger partial charge in [-0.15, -0.1) is 0 Å². The molecule has 0 saturated heterocycles. The van der Waals surface area contributed by atoms with Crippen molar-refractivity contribution in [3.05, 3.63) is 63.5 Å². The van der Waals surface area contributed by atoms with Gasteiger partial charge in [-0.1, -0.05) is 78.9 Å². The summed E-state index contributed by atoms with van der Waals surface area (Å²) in [7, 11) is 0. The zero-order chi connectivity index (χ0) is 28.9. The zero-order valence-corrected chi connectivity index (χ0v) is 24.8. The molecular formula is C34H46F3NO2. The van der Waals surface area contributed by atoms with Gasteiger partial charge in [-0.25, -0.2) is 0 Å². The van der Waals surface area contributed by atoms with Crippen LogP contribution in [0.5, 0.6) is 0 Å². The maximum Gasteiger partial charge on any atom is 0.416 e. The van der Waals surface area contributed by atoms with E-state index in [9.17, 15) is 18.3 Å². The molecule has 2 atom stereocenters. The van der Waals surface area contributed by atoms with Gasteiger partial charge in [-0.05, 0) is 73.1 Å². The van der Waals surface area contributed by atoms with Gasteiger partial charge in [0.25, 0.3) is 0 Å². The average molecular weight is 558 g/mol. The lowest BCUT2D eigenvalue weighted by atomic mass is 9.70. The fourth-order valence-electron chi connectivity index (χ4n) is 7.33. The van der Waals surface area contributed by atoms with Crippen LogP contribution in [0.3, 0.4) is 0 Å². The maximum atomic E-state index is 13.3. The third kappa shape index (κ3) is 5.60. The first-order valence-electron chi connectivity index (χ1n) is 15.5. The SMILES string of the molecule is CC1(C)Cc2nc(C3CCCC3)c3c(c2C(O)C1)C1(CCCC1)OC3c1ccc(C(F)(F)F)cc1.CCC(C)C. The molecule has 2 fully saturated rings. The van der Waals surface area contributed by atoms with Crippen molar-refractivity contribution < 1.29 is 23.0 Å². The second kappa shape index (κ2) is 11.1. The van der Waals surface area contributed by atoms with Crippen molar-refractivity contribution in [2.24, 2.45) is 11.3 Å². The first kappa shape index (κ1) is 29.6. The van der Waals surface area contributed by atoms with Gasteiger partial charge in [0.05, 0.1) is 23.0 Å². The van der Waals surface area contributed by atoms with Crippen LogP contribution >= 0.6 is 0 Å². The lowest BCUT2D eigenvalue weighted by Gasteiger charge is -2.38. The largest absolute Gasteiger partial charge is 0.416 e. The highest BCUT2D eigenvalue weighted by Crippen LogP contribution is 2.60. The van der Waals surface area contributed by atoms with E-state index in [2.05, 4.69) is 34.6 Å². The Bertz CT molecular complexity index is 1190. The third-order valence-corrected chi connectivity index (χ3v) is 9.68. The molecule has 0 radical (unpaired) electrons. The number of fused-ring (bicyclic) bond motifs is 4. The minimum atomic E-state index is -4.37. The number of nitrogens with zero attached hydrogens (tertiary/aromatic N) is 1. The molecule has 1 spiro atoms. The first-order chi connectivity index (χ1) is 18.8. The van der Waals surface area contributed by atoms with Gasteiger partial charge in [0.15, 0.2) is 0 Å². The summed E-state index contributed by atoms with van der Waals surface area (Å²) in [5.41, 5.74) is 4.82. The van der Waals surface area contributed by atoms with Crippen LogP contribution < -0.4 is 0 Å². The van der Waals surface area contributed by atoms with Gasteiger partial charge in [0.1, 0.15) is 6.10 Å². The molecule has 0 amide bonds. The lowest BCUT2D eigenvalue weighted by Crippen LogP contribution is -2.32. The molecule has 2 heterocycles. The molecule has 3 nitrogen and oxygen atoms in total. The molecule has 220 valence electrons. The van der Waals surface area contributed by atoms with Gasteiger partial charge in [0, 0.05) is 22.7 Å². The number of aliphatic hydroxyl groups excluding tert-OH is 1. The normalized spacial score (nSPS) is 25.1. The third-order valence-electron chi connectivity index (χ3n) is 9.68. The number of rotatable bonds is 3. The second-order valence-electron chi connectivity index (χ2n) is 13.8. The maximum absolute atomic E-state index is 13.3. The topological polar surface area (TPSA) is 42.4 Å². The Kier molecular flexibility index (Phi) is 8.17. The minimum Gasteiger partial charge on any atom is -0.388 e. The smallest absolute Gasteiger partial charge is 0.388 e. The summed E-state index contributed by atoms with van der Waals surface area (Å²) in [6, 6.07) is 5.47. The fourth-order valence-corrected chi connectivity index (χ4v) is 7.33. The van der Waals surface area contributed by atoms with Gasteiger partial charge < -0.3 is 9.84 Å². The summed E-state index contributed by atoms with van der Waals surface area (Å²) < 4.78 is 46.7. The van der Waals surface area contributed by atoms with Gasteiger partial charge in [0.2, 0.25) is 0 Å². The van der Waals surface area contributed by atoms with E-state index in [0.717, 1.165) is 96.6 Å². The number of hydrogen-bond donors (Lipinski definition) is 1. The highest BCUT2D eigenvalue weighted by molar-refractivity contribution is 5.55. The molecule has 3 aliphatic carbocycles. The van der Waals surface area contributed by atoms with E-state index in [0.29, 0.717) is 12.3 Å². The van der Waals surface area contributed by atoms with Crippen LogP contribution in [-0.4, -0.2) is 10.1 Å². The standard InChI is InChI=1S/C29H34F3NO2.C5H12/c1-27(2)15-20-22(21(34)16-27)24-23(25(33-20)17-7-3-4-8-17)26(35-28(24)13-5-6-14-28)18-9-11-19(12-10-18)29(30,31)32;1-4-5(2)3/h9-12,17,21,26,34H,3-8,13-16H2,1-2H3;5H,4H2,1-3H3. The summed E-state index contributed by atoms with van der Waals surface area (Å²) in [6.45, 7) is 11.0. The van der Waals surface area contributed by atoms with Gasteiger partial charge >= 0.3 is 6.18 Å².